The molecule has 37 heavy (non-hydrogen) atoms. The van der Waals surface area contributed by atoms with Gasteiger partial charge in [-0.15, -0.1) is 0 Å². The molecule has 0 saturated carbocycles. The van der Waals surface area contributed by atoms with Crippen LogP contribution >= 0.6 is 0 Å². The average molecular weight is 509 g/mol. The first-order valence-electron chi connectivity index (χ1n) is 13.5. The number of rotatable bonds is 10. The highest BCUT2D eigenvalue weighted by Crippen LogP contribution is 2.35. The van der Waals surface area contributed by atoms with Gasteiger partial charge in [-0.05, 0) is 61.4 Å². The molecule has 2 amide bonds. The Hall–Kier alpha value is -3.13. The van der Waals surface area contributed by atoms with E-state index in [1.165, 1.54) is 0 Å². The molecule has 8 nitrogen and oxygen atoms in total. The first kappa shape index (κ1) is 26.9. The molecule has 2 aliphatic rings. The van der Waals surface area contributed by atoms with Crippen molar-refractivity contribution in [1.29, 1.82) is 0 Å². The minimum atomic E-state index is -0.732. The number of methoxy groups -OCH3 is 1. The molecule has 4 rings (SSSR count). The molecule has 2 fully saturated rings. The number of piperazine rings is 1. The van der Waals surface area contributed by atoms with Crippen LogP contribution in [-0.2, 0) is 16.1 Å². The molecule has 0 radical (unpaired) electrons. The topological polar surface area (TPSA) is 84.0 Å². The summed E-state index contributed by atoms with van der Waals surface area (Å²) in [6.45, 7) is 9.20. The van der Waals surface area contributed by atoms with Gasteiger partial charge >= 0.3 is 0 Å². The molecule has 1 N–H and O–H groups in total. The highest BCUT2D eigenvalue weighted by atomic mass is 16.5. The van der Waals surface area contributed by atoms with Crippen molar-refractivity contribution in [3.63, 3.8) is 0 Å². The van der Waals surface area contributed by atoms with Gasteiger partial charge in [0, 0.05) is 38.4 Å². The molecule has 200 valence electrons. The van der Waals surface area contributed by atoms with E-state index in [0.717, 1.165) is 43.8 Å². The van der Waals surface area contributed by atoms with Gasteiger partial charge in [-0.2, -0.15) is 0 Å². The summed E-state index contributed by atoms with van der Waals surface area (Å²) in [6, 6.07) is 10.9. The zero-order valence-corrected chi connectivity index (χ0v) is 22.5. The highest BCUT2D eigenvalue weighted by molar-refractivity contribution is 6.00. The molecule has 8 heteroatoms. The Bertz CT molecular complexity index is 1050. The van der Waals surface area contributed by atoms with Gasteiger partial charge in [-0.25, -0.2) is 4.98 Å². The third kappa shape index (κ3) is 6.24. The normalized spacial score (nSPS) is 19.8. The molecule has 0 bridgehead atoms. The summed E-state index contributed by atoms with van der Waals surface area (Å²) in [5.41, 5.74) is 0.354. The van der Waals surface area contributed by atoms with Gasteiger partial charge in [0.1, 0.15) is 23.1 Å². The van der Waals surface area contributed by atoms with E-state index in [0.29, 0.717) is 43.4 Å². The summed E-state index contributed by atoms with van der Waals surface area (Å²) >= 11 is 0. The van der Waals surface area contributed by atoms with Crippen LogP contribution in [-0.4, -0.2) is 64.9 Å². The van der Waals surface area contributed by atoms with Crippen molar-refractivity contribution >= 4 is 11.8 Å². The van der Waals surface area contributed by atoms with Crippen LogP contribution in [0, 0.1) is 5.92 Å². The number of hydrogen-bond donors (Lipinski definition) is 1. The summed E-state index contributed by atoms with van der Waals surface area (Å²) in [7, 11) is 1.63. The van der Waals surface area contributed by atoms with Crippen molar-refractivity contribution in [2.24, 2.45) is 5.92 Å². The first-order valence-corrected chi connectivity index (χ1v) is 13.5. The monoisotopic (exact) mass is 508 g/mol. The lowest BCUT2D eigenvalue weighted by atomic mass is 9.80. The Morgan fingerprint density at radius 2 is 1.78 bits per heavy atom. The third-order valence-electron chi connectivity index (χ3n) is 7.42. The molecule has 1 aromatic heterocycles. The molecule has 1 spiro atoms. The van der Waals surface area contributed by atoms with Crippen LogP contribution in [0.15, 0.2) is 42.6 Å². The molecular weight excluding hydrogens is 468 g/mol. The standard InChI is InChI=1S/C29H40N4O4/c1-5-6-15-33-27(34)25(18-21(2)3)31-28(35)29(33)13-16-32(17-14-29)20-22-7-12-26(30-19-22)37-24-10-8-23(36-4)9-11-24/h7-12,19,21,25H,5-6,13-18,20H2,1-4H3,(H,31,35)/t25-/m0/s1. The molecule has 0 aliphatic carbocycles. The maximum Gasteiger partial charge on any atom is 0.246 e. The Kier molecular flexibility index (Phi) is 8.69. The second kappa shape index (κ2) is 11.9. The van der Waals surface area contributed by atoms with Crippen LogP contribution in [0.1, 0.15) is 58.4 Å². The zero-order chi connectivity index (χ0) is 26.4. The fourth-order valence-electron chi connectivity index (χ4n) is 5.31. The number of nitrogens with one attached hydrogen (secondary N) is 1. The summed E-state index contributed by atoms with van der Waals surface area (Å²) in [6.07, 6.45) is 5.72. The van der Waals surface area contributed by atoms with E-state index in [1.54, 1.807) is 7.11 Å². The van der Waals surface area contributed by atoms with Gasteiger partial charge in [-0.1, -0.05) is 33.3 Å². The van der Waals surface area contributed by atoms with Crippen molar-refractivity contribution < 1.29 is 19.1 Å². The number of nitrogens with zero attached hydrogens (tertiary/aromatic N) is 3. The van der Waals surface area contributed by atoms with Crippen molar-refractivity contribution in [2.45, 2.75) is 71.0 Å². The smallest absolute Gasteiger partial charge is 0.246 e. The SMILES string of the molecule is CCCCN1C(=O)[C@H](CC(C)C)NC(=O)C12CCN(Cc1ccc(Oc3ccc(OC)cc3)nc1)CC2. The summed E-state index contributed by atoms with van der Waals surface area (Å²) in [5.74, 6) is 2.47. The lowest BCUT2D eigenvalue weighted by Gasteiger charge is -2.52. The molecule has 2 saturated heterocycles. The fraction of sp³-hybridized carbons (Fsp3) is 0.552. The molecule has 1 aromatic carbocycles. The average Bonchev–Trinajstić information content (AvgIpc) is 2.90. The van der Waals surface area contributed by atoms with E-state index in [9.17, 15) is 9.59 Å². The third-order valence-corrected chi connectivity index (χ3v) is 7.42. The van der Waals surface area contributed by atoms with E-state index in [4.69, 9.17) is 9.47 Å². The van der Waals surface area contributed by atoms with Crippen molar-refractivity contribution in [3.8, 4) is 17.4 Å². The molecule has 1 atom stereocenters. The maximum atomic E-state index is 13.4. The Morgan fingerprint density at radius 3 is 2.38 bits per heavy atom. The number of carbonyl (C=O) groups is 2. The van der Waals surface area contributed by atoms with E-state index < -0.39 is 11.6 Å². The van der Waals surface area contributed by atoms with Crippen molar-refractivity contribution in [3.05, 3.63) is 48.2 Å². The Morgan fingerprint density at radius 1 is 1.08 bits per heavy atom. The number of unbranched alkanes of at least 4 members (excludes halogenated alkanes) is 1. The quantitative estimate of drug-likeness (QED) is 0.513. The van der Waals surface area contributed by atoms with Gasteiger partial charge in [0.25, 0.3) is 0 Å². The van der Waals surface area contributed by atoms with Crippen LogP contribution < -0.4 is 14.8 Å². The summed E-state index contributed by atoms with van der Waals surface area (Å²) in [4.78, 5) is 35.6. The zero-order valence-electron chi connectivity index (χ0n) is 22.5. The first-order chi connectivity index (χ1) is 17.8. The minimum absolute atomic E-state index is 0.0233. The minimum Gasteiger partial charge on any atom is -0.497 e. The fourth-order valence-corrected chi connectivity index (χ4v) is 5.31. The van der Waals surface area contributed by atoms with Crippen LogP contribution in [0.25, 0.3) is 0 Å². The highest BCUT2D eigenvalue weighted by Gasteiger charge is 2.53. The number of amides is 2. The number of piperidine rings is 1. The van der Waals surface area contributed by atoms with Gasteiger partial charge in [-0.3, -0.25) is 14.5 Å². The predicted molar refractivity (Wildman–Crippen MR) is 143 cm³/mol. The molecule has 2 aliphatic heterocycles. The molecule has 2 aromatic rings. The summed E-state index contributed by atoms with van der Waals surface area (Å²) in [5, 5.41) is 3.08. The van der Waals surface area contributed by atoms with Gasteiger partial charge < -0.3 is 19.7 Å². The number of pyridine rings is 1. The second-order valence-electron chi connectivity index (χ2n) is 10.6. The van der Waals surface area contributed by atoms with E-state index in [-0.39, 0.29) is 11.8 Å². The van der Waals surface area contributed by atoms with Gasteiger partial charge in [0.15, 0.2) is 0 Å². The lowest BCUT2D eigenvalue weighted by Crippen LogP contribution is -2.73. The molecule has 0 unspecified atom stereocenters. The number of carbonyl (C=O) groups excluding carboxylic acids is 2. The molecular formula is C29H40N4O4. The van der Waals surface area contributed by atoms with Gasteiger partial charge in [0.2, 0.25) is 17.7 Å². The van der Waals surface area contributed by atoms with E-state index >= 15 is 0 Å². The Balaban J connectivity index is 1.37. The summed E-state index contributed by atoms with van der Waals surface area (Å²) < 4.78 is 11.0. The number of hydrogen-bond acceptors (Lipinski definition) is 6. The number of benzene rings is 1. The number of aromatic nitrogens is 1. The number of likely N-dealkylation sites (tertiary alicyclic amines) is 1. The Labute approximate surface area is 220 Å². The number of ether oxygens (including phenoxy) is 2. The van der Waals surface area contributed by atoms with Gasteiger partial charge in [0.05, 0.1) is 7.11 Å². The largest absolute Gasteiger partial charge is 0.497 e. The predicted octanol–water partition coefficient (Wildman–Crippen LogP) is 4.39. The van der Waals surface area contributed by atoms with Crippen LogP contribution in [0.5, 0.6) is 17.4 Å². The van der Waals surface area contributed by atoms with Crippen molar-refractivity contribution in [1.82, 2.24) is 20.1 Å². The van der Waals surface area contributed by atoms with Crippen molar-refractivity contribution in [2.75, 3.05) is 26.7 Å². The molecule has 3 heterocycles. The maximum absolute atomic E-state index is 13.4. The van der Waals surface area contributed by atoms with E-state index in [1.807, 2.05) is 47.5 Å². The van der Waals surface area contributed by atoms with Crippen LogP contribution in [0.2, 0.25) is 0 Å². The lowest BCUT2D eigenvalue weighted by molar-refractivity contribution is -0.161. The second-order valence-corrected chi connectivity index (χ2v) is 10.6. The van der Waals surface area contributed by atoms with Crippen LogP contribution in [0.4, 0.5) is 0 Å². The van der Waals surface area contributed by atoms with Crippen LogP contribution in [0.3, 0.4) is 0 Å². The van der Waals surface area contributed by atoms with E-state index in [2.05, 4.69) is 36.0 Å².